The Balaban J connectivity index is 2.63. The van der Waals surface area contributed by atoms with Crippen molar-refractivity contribution in [3.63, 3.8) is 0 Å². The SMILES string of the molecule is CCOc1cccc(CN(C)CCN(C)C)c1O. The van der Waals surface area contributed by atoms with Gasteiger partial charge in [-0.05, 0) is 34.1 Å². The Morgan fingerprint density at radius 3 is 2.50 bits per heavy atom. The molecule has 0 bridgehead atoms. The Bertz CT molecular complexity index is 367. The minimum Gasteiger partial charge on any atom is -0.504 e. The summed E-state index contributed by atoms with van der Waals surface area (Å²) in [7, 11) is 6.17. The summed E-state index contributed by atoms with van der Waals surface area (Å²) in [4.78, 5) is 4.33. The van der Waals surface area contributed by atoms with Crippen LogP contribution in [0.3, 0.4) is 0 Å². The fourth-order valence-electron chi connectivity index (χ4n) is 1.71. The number of ether oxygens (including phenoxy) is 1. The lowest BCUT2D eigenvalue weighted by Crippen LogP contribution is -2.28. The molecule has 1 aromatic carbocycles. The topological polar surface area (TPSA) is 35.9 Å². The lowest BCUT2D eigenvalue weighted by molar-refractivity contribution is 0.270. The summed E-state index contributed by atoms with van der Waals surface area (Å²) in [5, 5.41) is 10.1. The van der Waals surface area contributed by atoms with Crippen molar-refractivity contribution < 1.29 is 9.84 Å². The molecule has 0 aromatic heterocycles. The summed E-state index contributed by atoms with van der Waals surface area (Å²) in [6.07, 6.45) is 0. The third kappa shape index (κ3) is 4.55. The number of hydrogen-bond acceptors (Lipinski definition) is 4. The first-order valence-electron chi connectivity index (χ1n) is 6.31. The van der Waals surface area contributed by atoms with Crippen LogP contribution < -0.4 is 4.74 Å². The van der Waals surface area contributed by atoms with Crippen molar-refractivity contribution in [1.82, 2.24) is 9.80 Å². The van der Waals surface area contributed by atoms with Crippen molar-refractivity contribution in [3.8, 4) is 11.5 Å². The van der Waals surface area contributed by atoms with Gasteiger partial charge in [-0.2, -0.15) is 0 Å². The third-order valence-electron chi connectivity index (χ3n) is 2.75. The molecule has 1 N–H and O–H groups in total. The number of hydrogen-bond donors (Lipinski definition) is 1. The number of likely N-dealkylation sites (N-methyl/N-ethyl adjacent to an activating group) is 2. The van der Waals surface area contributed by atoms with Crippen LogP contribution in [0.25, 0.3) is 0 Å². The molecule has 0 aliphatic heterocycles. The normalized spacial score (nSPS) is 11.2. The molecule has 0 unspecified atom stereocenters. The van der Waals surface area contributed by atoms with Gasteiger partial charge in [-0.15, -0.1) is 0 Å². The monoisotopic (exact) mass is 252 g/mol. The first kappa shape index (κ1) is 14.8. The number of para-hydroxylation sites is 1. The lowest BCUT2D eigenvalue weighted by atomic mass is 10.1. The predicted octanol–water partition coefficient (Wildman–Crippen LogP) is 1.78. The molecule has 102 valence electrons. The van der Waals surface area contributed by atoms with Gasteiger partial charge in [-0.3, -0.25) is 0 Å². The predicted molar refractivity (Wildman–Crippen MR) is 74.2 cm³/mol. The zero-order valence-corrected chi connectivity index (χ0v) is 11.8. The molecule has 0 amide bonds. The van der Waals surface area contributed by atoms with Gasteiger partial charge < -0.3 is 19.6 Å². The van der Waals surface area contributed by atoms with Gasteiger partial charge in [0.25, 0.3) is 0 Å². The summed E-state index contributed by atoms with van der Waals surface area (Å²) in [5.74, 6) is 0.826. The number of phenolic OH excluding ortho intramolecular Hbond substituents is 1. The summed E-state index contributed by atoms with van der Waals surface area (Å²) < 4.78 is 5.38. The Hall–Kier alpha value is -1.26. The van der Waals surface area contributed by atoms with Crippen molar-refractivity contribution in [2.45, 2.75) is 13.5 Å². The molecular formula is C14H24N2O2. The Kier molecular flexibility index (Phi) is 5.95. The van der Waals surface area contributed by atoms with E-state index in [1.807, 2.05) is 19.1 Å². The highest BCUT2D eigenvalue weighted by atomic mass is 16.5. The molecular weight excluding hydrogens is 228 g/mol. The van der Waals surface area contributed by atoms with E-state index < -0.39 is 0 Å². The van der Waals surface area contributed by atoms with Gasteiger partial charge in [0.05, 0.1) is 6.61 Å². The molecule has 18 heavy (non-hydrogen) atoms. The van der Waals surface area contributed by atoms with Gasteiger partial charge in [0, 0.05) is 25.2 Å². The van der Waals surface area contributed by atoms with Gasteiger partial charge in [0.2, 0.25) is 0 Å². The third-order valence-corrected chi connectivity index (χ3v) is 2.75. The lowest BCUT2D eigenvalue weighted by Gasteiger charge is -2.20. The number of benzene rings is 1. The van der Waals surface area contributed by atoms with Crippen LogP contribution in [0, 0.1) is 0 Å². The number of rotatable bonds is 7. The van der Waals surface area contributed by atoms with E-state index in [0.29, 0.717) is 12.4 Å². The Labute approximate surface area is 110 Å². The van der Waals surface area contributed by atoms with Gasteiger partial charge in [0.1, 0.15) is 0 Å². The van der Waals surface area contributed by atoms with E-state index in [1.54, 1.807) is 6.07 Å². The summed E-state index contributed by atoms with van der Waals surface area (Å²) in [6.45, 7) is 5.16. The van der Waals surface area contributed by atoms with E-state index in [1.165, 1.54) is 0 Å². The van der Waals surface area contributed by atoms with E-state index in [-0.39, 0.29) is 5.75 Å². The summed E-state index contributed by atoms with van der Waals surface area (Å²) in [5.41, 5.74) is 0.905. The number of nitrogens with zero attached hydrogens (tertiary/aromatic N) is 2. The van der Waals surface area contributed by atoms with Crippen LogP contribution in [0.1, 0.15) is 12.5 Å². The van der Waals surface area contributed by atoms with Crippen molar-refractivity contribution >= 4 is 0 Å². The fourth-order valence-corrected chi connectivity index (χ4v) is 1.71. The van der Waals surface area contributed by atoms with E-state index >= 15 is 0 Å². The van der Waals surface area contributed by atoms with E-state index in [0.717, 1.165) is 25.2 Å². The molecule has 0 spiro atoms. The van der Waals surface area contributed by atoms with Crippen molar-refractivity contribution in [3.05, 3.63) is 23.8 Å². The first-order valence-corrected chi connectivity index (χ1v) is 6.31. The summed E-state index contributed by atoms with van der Waals surface area (Å²) >= 11 is 0. The molecule has 0 atom stereocenters. The first-order chi connectivity index (χ1) is 8.54. The van der Waals surface area contributed by atoms with Gasteiger partial charge in [-0.1, -0.05) is 12.1 Å². The average Bonchev–Trinajstić information content (AvgIpc) is 2.32. The largest absolute Gasteiger partial charge is 0.504 e. The molecule has 0 aliphatic rings. The minimum absolute atomic E-state index is 0.260. The second-order valence-corrected chi connectivity index (χ2v) is 4.74. The van der Waals surface area contributed by atoms with Crippen LogP contribution in [0.2, 0.25) is 0 Å². The highest BCUT2D eigenvalue weighted by molar-refractivity contribution is 5.45. The molecule has 0 saturated heterocycles. The highest BCUT2D eigenvalue weighted by Gasteiger charge is 2.09. The maximum absolute atomic E-state index is 10.1. The van der Waals surface area contributed by atoms with Gasteiger partial charge >= 0.3 is 0 Å². The molecule has 4 heteroatoms. The van der Waals surface area contributed by atoms with E-state index in [9.17, 15) is 5.11 Å². The van der Waals surface area contributed by atoms with Gasteiger partial charge in [-0.25, -0.2) is 0 Å². The number of aromatic hydroxyl groups is 1. The second-order valence-electron chi connectivity index (χ2n) is 4.74. The van der Waals surface area contributed by atoms with Crippen LogP contribution in [-0.4, -0.2) is 55.7 Å². The van der Waals surface area contributed by atoms with Crippen molar-refractivity contribution in [2.24, 2.45) is 0 Å². The number of phenols is 1. The highest BCUT2D eigenvalue weighted by Crippen LogP contribution is 2.30. The van der Waals surface area contributed by atoms with Crippen LogP contribution in [0.5, 0.6) is 11.5 Å². The maximum atomic E-state index is 10.1. The van der Waals surface area contributed by atoms with Gasteiger partial charge in [0.15, 0.2) is 11.5 Å². The zero-order chi connectivity index (χ0) is 13.5. The van der Waals surface area contributed by atoms with Crippen LogP contribution in [0.15, 0.2) is 18.2 Å². The van der Waals surface area contributed by atoms with Crippen LogP contribution in [0.4, 0.5) is 0 Å². The average molecular weight is 252 g/mol. The van der Waals surface area contributed by atoms with E-state index in [2.05, 4.69) is 30.9 Å². The van der Waals surface area contributed by atoms with Crippen molar-refractivity contribution in [2.75, 3.05) is 40.8 Å². The zero-order valence-electron chi connectivity index (χ0n) is 11.8. The second kappa shape index (κ2) is 7.24. The molecule has 0 radical (unpaired) electrons. The molecule has 0 heterocycles. The van der Waals surface area contributed by atoms with Crippen LogP contribution in [-0.2, 0) is 6.54 Å². The molecule has 1 aromatic rings. The Morgan fingerprint density at radius 2 is 1.89 bits per heavy atom. The minimum atomic E-state index is 0.260. The maximum Gasteiger partial charge on any atom is 0.162 e. The fraction of sp³-hybridized carbons (Fsp3) is 0.571. The van der Waals surface area contributed by atoms with Crippen molar-refractivity contribution in [1.29, 1.82) is 0 Å². The summed E-state index contributed by atoms with van der Waals surface area (Å²) in [6, 6.07) is 5.64. The molecule has 1 rings (SSSR count). The van der Waals surface area contributed by atoms with E-state index in [4.69, 9.17) is 4.74 Å². The van der Waals surface area contributed by atoms with Crippen LogP contribution >= 0.6 is 0 Å². The molecule has 0 saturated carbocycles. The standard InChI is InChI=1S/C14H24N2O2/c1-5-18-13-8-6-7-12(14(13)17)11-16(4)10-9-15(2)3/h6-8,17H,5,9-11H2,1-4H3. The smallest absolute Gasteiger partial charge is 0.162 e. The quantitative estimate of drug-likeness (QED) is 0.802. The Morgan fingerprint density at radius 1 is 1.17 bits per heavy atom. The molecule has 0 fully saturated rings. The molecule has 4 nitrogen and oxygen atoms in total. The molecule has 0 aliphatic carbocycles.